The third-order valence-corrected chi connectivity index (χ3v) is 6.15. The number of thiophene rings is 1. The molecule has 158 valence electrons. The molecule has 0 spiro atoms. The molecule has 3 heterocycles. The number of fused-ring (bicyclic) bond motifs is 2. The maximum Gasteiger partial charge on any atom is 0.290 e. The zero-order valence-corrected chi connectivity index (χ0v) is 18.3. The molecule has 0 saturated heterocycles. The monoisotopic (exact) mass is 436 g/mol. The first-order valence-electron chi connectivity index (χ1n) is 9.66. The highest BCUT2D eigenvalue weighted by molar-refractivity contribution is 7.20. The molecule has 2 N–H and O–H groups in total. The highest BCUT2D eigenvalue weighted by Gasteiger charge is 2.21. The number of nitrogens with one attached hydrogen (secondary N) is 2. The summed E-state index contributed by atoms with van der Waals surface area (Å²) >= 11 is 1.24. The lowest BCUT2D eigenvalue weighted by atomic mass is 10.1. The summed E-state index contributed by atoms with van der Waals surface area (Å²) < 4.78 is 1.22. The van der Waals surface area contributed by atoms with Gasteiger partial charge in [-0.05, 0) is 39.3 Å². The Morgan fingerprint density at radius 2 is 1.71 bits per heavy atom. The highest BCUT2D eigenvalue weighted by Crippen LogP contribution is 2.31. The topological polar surface area (TPSA) is 119 Å². The van der Waals surface area contributed by atoms with E-state index in [1.165, 1.54) is 16.0 Å². The number of benzene rings is 1. The summed E-state index contributed by atoms with van der Waals surface area (Å²) in [5, 5.41) is 5.82. The first-order chi connectivity index (χ1) is 14.8. The van der Waals surface area contributed by atoms with Crippen LogP contribution in [0.4, 0.5) is 0 Å². The van der Waals surface area contributed by atoms with Crippen LogP contribution < -0.4 is 16.4 Å². The fourth-order valence-corrected chi connectivity index (χ4v) is 4.71. The van der Waals surface area contributed by atoms with Crippen LogP contribution in [0.3, 0.4) is 0 Å². The van der Waals surface area contributed by atoms with Crippen LogP contribution in [0, 0.1) is 20.8 Å². The van der Waals surface area contributed by atoms with Crippen LogP contribution in [0.15, 0.2) is 29.1 Å². The van der Waals surface area contributed by atoms with Crippen LogP contribution in [0.2, 0.25) is 0 Å². The SMILES string of the molecule is CCn1nc(C(=O)NNC(=O)c2sc3nc(C)nc(C)c3c2C)c2ccccc2c1=O. The lowest BCUT2D eigenvalue weighted by molar-refractivity contribution is 0.0845. The minimum atomic E-state index is -0.614. The number of nitrogens with zero attached hydrogens (tertiary/aromatic N) is 4. The molecule has 3 aromatic heterocycles. The van der Waals surface area contributed by atoms with Crippen LogP contribution in [-0.4, -0.2) is 31.6 Å². The van der Waals surface area contributed by atoms with E-state index in [1.54, 1.807) is 38.1 Å². The predicted molar refractivity (Wildman–Crippen MR) is 118 cm³/mol. The van der Waals surface area contributed by atoms with Gasteiger partial charge < -0.3 is 0 Å². The summed E-state index contributed by atoms with van der Waals surface area (Å²) in [7, 11) is 0. The van der Waals surface area contributed by atoms with Gasteiger partial charge in [0.25, 0.3) is 17.4 Å². The molecule has 0 bridgehead atoms. The molecule has 0 aliphatic rings. The van der Waals surface area contributed by atoms with Crippen LogP contribution in [0.5, 0.6) is 0 Å². The first-order valence-corrected chi connectivity index (χ1v) is 10.5. The zero-order valence-electron chi connectivity index (χ0n) is 17.4. The van der Waals surface area contributed by atoms with Crippen molar-refractivity contribution in [3.8, 4) is 0 Å². The number of carbonyl (C=O) groups is 2. The van der Waals surface area contributed by atoms with Gasteiger partial charge in [0.1, 0.15) is 10.7 Å². The van der Waals surface area contributed by atoms with E-state index in [9.17, 15) is 14.4 Å². The Labute approximate surface area is 181 Å². The van der Waals surface area contributed by atoms with Crippen LogP contribution >= 0.6 is 11.3 Å². The molecule has 10 heteroatoms. The van der Waals surface area contributed by atoms with Gasteiger partial charge in [-0.3, -0.25) is 25.2 Å². The van der Waals surface area contributed by atoms with Gasteiger partial charge >= 0.3 is 0 Å². The molecule has 0 aliphatic heterocycles. The van der Waals surface area contributed by atoms with Gasteiger partial charge in [-0.15, -0.1) is 11.3 Å². The van der Waals surface area contributed by atoms with E-state index in [0.717, 1.165) is 21.5 Å². The molecule has 4 rings (SSSR count). The number of aryl methyl sites for hydroxylation is 4. The number of amides is 2. The lowest BCUT2D eigenvalue weighted by Gasteiger charge is -2.10. The smallest absolute Gasteiger partial charge is 0.267 e. The molecule has 4 aromatic rings. The molecule has 0 unspecified atom stereocenters. The average Bonchev–Trinajstić information content (AvgIpc) is 3.08. The van der Waals surface area contributed by atoms with Gasteiger partial charge in [0.05, 0.1) is 10.3 Å². The largest absolute Gasteiger partial charge is 0.290 e. The second-order valence-corrected chi connectivity index (χ2v) is 8.01. The van der Waals surface area contributed by atoms with Gasteiger partial charge in [-0.1, -0.05) is 18.2 Å². The van der Waals surface area contributed by atoms with Crippen molar-refractivity contribution in [2.24, 2.45) is 0 Å². The van der Waals surface area contributed by atoms with Crippen molar-refractivity contribution in [3.63, 3.8) is 0 Å². The minimum Gasteiger partial charge on any atom is -0.267 e. The van der Waals surface area contributed by atoms with E-state index in [-0.39, 0.29) is 11.3 Å². The van der Waals surface area contributed by atoms with Gasteiger partial charge in [-0.25, -0.2) is 14.6 Å². The summed E-state index contributed by atoms with van der Waals surface area (Å²) in [6.45, 7) is 7.59. The van der Waals surface area contributed by atoms with Gasteiger partial charge in [0, 0.05) is 23.0 Å². The maximum absolute atomic E-state index is 12.8. The number of rotatable bonds is 3. The third kappa shape index (κ3) is 3.55. The molecule has 31 heavy (non-hydrogen) atoms. The van der Waals surface area contributed by atoms with Crippen molar-refractivity contribution in [2.45, 2.75) is 34.2 Å². The quantitative estimate of drug-likeness (QED) is 0.476. The van der Waals surface area contributed by atoms with Crippen LogP contribution in [0.1, 0.15) is 44.2 Å². The van der Waals surface area contributed by atoms with Crippen molar-refractivity contribution >= 4 is 44.1 Å². The Morgan fingerprint density at radius 3 is 2.42 bits per heavy atom. The minimum absolute atomic E-state index is 0.0581. The van der Waals surface area contributed by atoms with E-state index in [0.29, 0.717) is 28.0 Å². The van der Waals surface area contributed by atoms with E-state index >= 15 is 0 Å². The number of hydrogen-bond acceptors (Lipinski definition) is 7. The summed E-state index contributed by atoms with van der Waals surface area (Å²) in [5.74, 6) is -0.438. The van der Waals surface area contributed by atoms with Gasteiger partial charge in [0.2, 0.25) is 0 Å². The summed E-state index contributed by atoms with van der Waals surface area (Å²) in [6.07, 6.45) is 0. The molecule has 9 nitrogen and oxygen atoms in total. The first kappa shape index (κ1) is 20.6. The van der Waals surface area contributed by atoms with Gasteiger partial charge in [-0.2, -0.15) is 5.10 Å². The lowest BCUT2D eigenvalue weighted by Crippen LogP contribution is -2.42. The molecule has 0 aliphatic carbocycles. The molecule has 0 fully saturated rings. The van der Waals surface area contributed by atoms with Crippen molar-refractivity contribution in [1.82, 2.24) is 30.6 Å². The molecule has 0 saturated carbocycles. The normalized spacial score (nSPS) is 11.1. The average molecular weight is 436 g/mol. The number of carbonyl (C=O) groups excluding carboxylic acids is 2. The van der Waals surface area contributed by atoms with Crippen molar-refractivity contribution in [1.29, 1.82) is 0 Å². The van der Waals surface area contributed by atoms with Crippen LogP contribution in [0.25, 0.3) is 21.0 Å². The van der Waals surface area contributed by atoms with E-state index in [2.05, 4.69) is 25.9 Å². The van der Waals surface area contributed by atoms with Gasteiger partial charge in [0.15, 0.2) is 5.69 Å². The maximum atomic E-state index is 12.8. The fraction of sp³-hybridized carbons (Fsp3) is 0.238. The second kappa shape index (κ2) is 7.88. The number of hydrazine groups is 1. The van der Waals surface area contributed by atoms with Crippen LogP contribution in [-0.2, 0) is 6.54 Å². The van der Waals surface area contributed by atoms with E-state index < -0.39 is 11.8 Å². The Morgan fingerprint density at radius 1 is 1.03 bits per heavy atom. The Hall–Kier alpha value is -3.66. The standard InChI is InChI=1S/C21H20N6O3S/c1-5-27-21(30)14-9-7-6-8-13(14)16(26-27)18(28)24-25-19(29)17-10(2)15-11(3)22-12(4)23-20(15)31-17/h6-9H,5H2,1-4H3,(H,24,28)(H,25,29). The predicted octanol–water partition coefficient (Wildman–Crippen LogP) is 2.42. The van der Waals surface area contributed by atoms with Crippen molar-refractivity contribution in [2.75, 3.05) is 0 Å². The summed E-state index contributed by atoms with van der Waals surface area (Å²) in [4.78, 5) is 47.9. The van der Waals surface area contributed by atoms with Crippen molar-refractivity contribution < 1.29 is 9.59 Å². The number of aromatic nitrogens is 4. The molecule has 2 amide bonds. The Balaban J connectivity index is 1.63. The molecule has 0 radical (unpaired) electrons. The molecule has 0 atom stereocenters. The molecular weight excluding hydrogens is 416 g/mol. The van der Waals surface area contributed by atoms with Crippen molar-refractivity contribution in [3.05, 3.63) is 62.3 Å². The zero-order chi connectivity index (χ0) is 22.3. The second-order valence-electron chi connectivity index (χ2n) is 7.02. The molecule has 1 aromatic carbocycles. The van der Waals surface area contributed by atoms with E-state index in [1.807, 2.05) is 13.8 Å². The Bertz CT molecular complexity index is 1420. The third-order valence-electron chi connectivity index (χ3n) is 4.96. The molecular formula is C21H20N6O3S. The fourth-order valence-electron chi connectivity index (χ4n) is 3.54. The van der Waals surface area contributed by atoms with E-state index in [4.69, 9.17) is 0 Å². The number of hydrogen-bond donors (Lipinski definition) is 2. The highest BCUT2D eigenvalue weighted by atomic mass is 32.1. The summed E-state index contributed by atoms with van der Waals surface area (Å²) in [6, 6.07) is 6.75. The Kier molecular flexibility index (Phi) is 5.24. The summed E-state index contributed by atoms with van der Waals surface area (Å²) in [5.41, 5.74) is 6.20.